The molecule has 0 aromatic heterocycles. The lowest BCUT2D eigenvalue weighted by Crippen LogP contribution is -2.48. The van der Waals surface area contributed by atoms with Crippen LogP contribution in [0.3, 0.4) is 0 Å². The molecule has 0 fully saturated rings. The van der Waals surface area contributed by atoms with Gasteiger partial charge in [0.15, 0.2) is 0 Å². The lowest BCUT2D eigenvalue weighted by molar-refractivity contribution is -0.140. The molecule has 8 nitrogen and oxygen atoms in total. The number of allylic oxidation sites excluding steroid dienone is 1. The summed E-state index contributed by atoms with van der Waals surface area (Å²) in [5, 5.41) is 6.28. The van der Waals surface area contributed by atoms with E-state index in [0.717, 1.165) is 6.42 Å². The van der Waals surface area contributed by atoms with Gasteiger partial charge in [-0.25, -0.2) is 9.59 Å². The molecule has 1 aliphatic heterocycles. The molecule has 2 aromatic rings. The molecular weight excluding hydrogens is 458 g/mol. The molecule has 3 amide bonds. The van der Waals surface area contributed by atoms with Crippen LogP contribution in [0.5, 0.6) is 0 Å². The fourth-order valence-corrected chi connectivity index (χ4v) is 3.77. The number of hydrogen-bond acceptors (Lipinski definition) is 5. The van der Waals surface area contributed by atoms with Crippen molar-refractivity contribution in [3.8, 4) is 0 Å². The zero-order valence-electron chi connectivity index (χ0n) is 19.4. The van der Waals surface area contributed by atoms with Crippen molar-refractivity contribution < 1.29 is 23.9 Å². The fraction of sp³-hybridized carbons (Fsp3) is 0.320. The third-order valence-electron chi connectivity index (χ3n) is 5.39. The monoisotopic (exact) mass is 485 g/mol. The van der Waals surface area contributed by atoms with Gasteiger partial charge in [-0.3, -0.25) is 9.69 Å². The van der Waals surface area contributed by atoms with Gasteiger partial charge in [0.25, 0.3) is 5.91 Å². The first-order chi connectivity index (χ1) is 16.3. The first-order valence-electron chi connectivity index (χ1n) is 11.0. The number of carbonyl (C=O) groups is 3. The van der Waals surface area contributed by atoms with Crippen LogP contribution in [0.1, 0.15) is 42.2 Å². The van der Waals surface area contributed by atoms with E-state index in [9.17, 15) is 14.4 Å². The summed E-state index contributed by atoms with van der Waals surface area (Å²) in [5.74, 6) is -0.787. The molecule has 2 aromatic carbocycles. The minimum Gasteiger partial charge on any atom is -0.460 e. The second-order valence-corrected chi connectivity index (χ2v) is 8.18. The van der Waals surface area contributed by atoms with Crippen molar-refractivity contribution in [3.05, 3.63) is 76.0 Å². The largest absolute Gasteiger partial charge is 0.460 e. The molecular formula is C25H28ClN3O5. The van der Waals surface area contributed by atoms with Gasteiger partial charge >= 0.3 is 12.0 Å². The highest BCUT2D eigenvalue weighted by Gasteiger charge is 2.36. The first-order valence-corrected chi connectivity index (χ1v) is 11.3. The number of halogens is 1. The van der Waals surface area contributed by atoms with Crippen molar-refractivity contribution in [1.29, 1.82) is 0 Å². The Balaban J connectivity index is 1.83. The van der Waals surface area contributed by atoms with Crippen LogP contribution in [0.4, 0.5) is 10.5 Å². The van der Waals surface area contributed by atoms with Gasteiger partial charge in [-0.15, -0.1) is 0 Å². The van der Waals surface area contributed by atoms with E-state index in [2.05, 4.69) is 10.6 Å². The highest BCUT2D eigenvalue weighted by atomic mass is 35.5. The van der Waals surface area contributed by atoms with E-state index >= 15 is 0 Å². The highest BCUT2D eigenvalue weighted by molar-refractivity contribution is 6.30. The van der Waals surface area contributed by atoms with Crippen molar-refractivity contribution in [2.45, 2.75) is 26.3 Å². The summed E-state index contributed by atoms with van der Waals surface area (Å²) in [6, 6.07) is 12.6. The molecule has 3 rings (SSSR count). The highest BCUT2D eigenvalue weighted by Crippen LogP contribution is 2.32. The molecule has 180 valence electrons. The molecule has 0 saturated carbocycles. The second-order valence-electron chi connectivity index (χ2n) is 7.74. The predicted molar refractivity (Wildman–Crippen MR) is 130 cm³/mol. The number of nitrogens with one attached hydrogen (secondary N) is 2. The van der Waals surface area contributed by atoms with Gasteiger partial charge in [0, 0.05) is 35.6 Å². The Hall–Kier alpha value is -3.36. The average molecular weight is 486 g/mol. The SMILES string of the molecule is CCCN1C(=O)NC(c2ccc(NC(=O)c3ccc(Cl)cc3)cc2)C(C(=O)OCCOC)=C1C. The third-order valence-corrected chi connectivity index (χ3v) is 5.64. The maximum absolute atomic E-state index is 12.9. The molecule has 34 heavy (non-hydrogen) atoms. The quantitative estimate of drug-likeness (QED) is 0.401. The number of methoxy groups -OCH3 is 1. The van der Waals surface area contributed by atoms with Gasteiger partial charge in [0.1, 0.15) is 6.61 Å². The maximum atomic E-state index is 12.9. The van der Waals surface area contributed by atoms with Crippen LogP contribution >= 0.6 is 11.6 Å². The normalized spacial score (nSPS) is 15.7. The number of benzene rings is 2. The second kappa shape index (κ2) is 11.7. The molecule has 0 bridgehead atoms. The summed E-state index contributed by atoms with van der Waals surface area (Å²) in [7, 11) is 1.53. The molecule has 0 radical (unpaired) electrons. The molecule has 1 heterocycles. The van der Waals surface area contributed by atoms with Gasteiger partial charge in [-0.2, -0.15) is 0 Å². The van der Waals surface area contributed by atoms with Crippen molar-refractivity contribution >= 4 is 35.2 Å². The molecule has 0 spiro atoms. The molecule has 2 N–H and O–H groups in total. The standard InChI is InChI=1S/C25H28ClN3O5/c1-4-13-29-16(2)21(24(31)34-15-14-33-3)22(28-25(29)32)17-7-11-20(12-8-17)27-23(30)18-5-9-19(26)10-6-18/h5-12,22H,4,13-15H2,1-3H3,(H,27,30)(H,28,32). The van der Waals surface area contributed by atoms with Gasteiger partial charge < -0.3 is 20.1 Å². The Morgan fingerprint density at radius 1 is 1.09 bits per heavy atom. The van der Waals surface area contributed by atoms with Crippen LogP contribution in [0.2, 0.25) is 5.02 Å². The number of hydrogen-bond donors (Lipinski definition) is 2. The lowest BCUT2D eigenvalue weighted by atomic mass is 9.94. The summed E-state index contributed by atoms with van der Waals surface area (Å²) in [4.78, 5) is 39.7. The van der Waals surface area contributed by atoms with Gasteiger partial charge in [0.05, 0.1) is 18.2 Å². The molecule has 1 atom stereocenters. The van der Waals surface area contributed by atoms with Crippen LogP contribution in [-0.4, -0.2) is 49.7 Å². The number of ether oxygens (including phenoxy) is 2. The van der Waals surface area contributed by atoms with E-state index in [1.807, 2.05) is 6.92 Å². The number of nitrogens with zero attached hydrogens (tertiary/aromatic N) is 1. The fourth-order valence-electron chi connectivity index (χ4n) is 3.65. The van der Waals surface area contributed by atoms with Crippen molar-refractivity contribution in [2.24, 2.45) is 0 Å². The van der Waals surface area contributed by atoms with Gasteiger partial charge in [-0.1, -0.05) is 30.7 Å². The number of esters is 1. The molecule has 0 saturated heterocycles. The first kappa shape index (κ1) is 25.3. The molecule has 9 heteroatoms. The van der Waals surface area contributed by atoms with E-state index in [1.54, 1.807) is 60.4 Å². The van der Waals surface area contributed by atoms with Crippen LogP contribution in [-0.2, 0) is 14.3 Å². The lowest BCUT2D eigenvalue weighted by Gasteiger charge is -2.35. The summed E-state index contributed by atoms with van der Waals surface area (Å²) < 4.78 is 10.3. The molecule has 1 aliphatic rings. The van der Waals surface area contributed by atoms with Gasteiger partial charge in [0.2, 0.25) is 0 Å². The summed E-state index contributed by atoms with van der Waals surface area (Å²) >= 11 is 5.88. The summed E-state index contributed by atoms with van der Waals surface area (Å²) in [6.07, 6.45) is 0.740. The Morgan fingerprint density at radius 3 is 2.38 bits per heavy atom. The van der Waals surface area contributed by atoms with E-state index in [4.69, 9.17) is 21.1 Å². The Labute approximate surface area is 203 Å². The summed E-state index contributed by atoms with van der Waals surface area (Å²) in [6.45, 7) is 4.57. The number of amides is 3. The van der Waals surface area contributed by atoms with E-state index in [1.165, 1.54) is 7.11 Å². The van der Waals surface area contributed by atoms with Gasteiger partial charge in [-0.05, 0) is 55.3 Å². The van der Waals surface area contributed by atoms with Crippen molar-refractivity contribution in [1.82, 2.24) is 10.2 Å². The zero-order chi connectivity index (χ0) is 24.7. The Kier molecular flexibility index (Phi) is 8.67. The minimum absolute atomic E-state index is 0.107. The van der Waals surface area contributed by atoms with E-state index in [0.29, 0.717) is 39.7 Å². The van der Waals surface area contributed by atoms with Crippen molar-refractivity contribution in [3.63, 3.8) is 0 Å². The zero-order valence-corrected chi connectivity index (χ0v) is 20.1. The minimum atomic E-state index is -0.684. The Bertz CT molecular complexity index is 1070. The molecule has 1 unspecified atom stereocenters. The van der Waals surface area contributed by atoms with Crippen molar-refractivity contribution in [2.75, 3.05) is 32.2 Å². The third kappa shape index (κ3) is 5.95. The van der Waals surface area contributed by atoms with Crippen LogP contribution < -0.4 is 10.6 Å². The van der Waals surface area contributed by atoms with E-state index < -0.39 is 12.0 Å². The average Bonchev–Trinajstić information content (AvgIpc) is 2.82. The predicted octanol–water partition coefficient (Wildman–Crippen LogP) is 4.53. The van der Waals surface area contributed by atoms with Crippen LogP contribution in [0.15, 0.2) is 59.8 Å². The summed E-state index contributed by atoms with van der Waals surface area (Å²) in [5.41, 5.74) is 2.65. The van der Waals surface area contributed by atoms with E-state index in [-0.39, 0.29) is 25.2 Å². The topological polar surface area (TPSA) is 97.0 Å². The van der Waals surface area contributed by atoms with Crippen LogP contribution in [0, 0.1) is 0 Å². The van der Waals surface area contributed by atoms with Crippen LogP contribution in [0.25, 0.3) is 0 Å². The smallest absolute Gasteiger partial charge is 0.338 e. The maximum Gasteiger partial charge on any atom is 0.338 e. The number of rotatable bonds is 9. The number of anilines is 1. The number of urea groups is 1. The Morgan fingerprint density at radius 2 is 1.76 bits per heavy atom. The molecule has 0 aliphatic carbocycles. The number of carbonyl (C=O) groups excluding carboxylic acids is 3.